The molecule has 0 aromatic carbocycles. The predicted octanol–water partition coefficient (Wildman–Crippen LogP) is 2.22. The van der Waals surface area contributed by atoms with E-state index in [1.165, 1.54) is 0 Å². The van der Waals surface area contributed by atoms with Crippen LogP contribution in [0.5, 0.6) is 0 Å². The van der Waals surface area contributed by atoms with Crippen molar-refractivity contribution in [3.63, 3.8) is 0 Å². The van der Waals surface area contributed by atoms with Gasteiger partial charge in [-0.3, -0.25) is 5.32 Å². The summed E-state index contributed by atoms with van der Waals surface area (Å²) in [5.74, 6) is -0.344. The fourth-order valence-corrected chi connectivity index (χ4v) is 2.00. The number of nitrogens with one attached hydrogen (secondary N) is 1. The molecule has 1 aliphatic carbocycles. The second kappa shape index (κ2) is 4.65. The molecule has 0 radical (unpaired) electrons. The molecule has 0 spiro atoms. The van der Waals surface area contributed by atoms with Gasteiger partial charge in [-0.25, -0.2) is 0 Å². The van der Waals surface area contributed by atoms with Gasteiger partial charge in [0.25, 0.3) is 0 Å². The first-order valence-electron chi connectivity index (χ1n) is 4.72. The molecule has 2 nitrogen and oxygen atoms in total. The van der Waals surface area contributed by atoms with Gasteiger partial charge in [0, 0.05) is 0 Å². The van der Waals surface area contributed by atoms with Crippen molar-refractivity contribution in [2.45, 2.75) is 37.9 Å². The summed E-state index contributed by atoms with van der Waals surface area (Å²) in [6, 6.07) is 0.187. The molecule has 1 N–H and O–H groups in total. The summed E-state index contributed by atoms with van der Waals surface area (Å²) in [5, 5.41) is 10.5. The molecule has 1 fully saturated rings. The van der Waals surface area contributed by atoms with Gasteiger partial charge in [0.05, 0.1) is 12.6 Å². The highest BCUT2D eigenvalue weighted by atomic mass is 19.4. The first kappa shape index (κ1) is 11.3. The lowest BCUT2D eigenvalue weighted by atomic mass is 9.97. The van der Waals surface area contributed by atoms with Gasteiger partial charge in [0.2, 0.25) is 0 Å². The zero-order valence-corrected chi connectivity index (χ0v) is 7.77. The maximum atomic E-state index is 12.5. The number of rotatable bonds is 3. The molecule has 5 heteroatoms. The van der Waals surface area contributed by atoms with Crippen LogP contribution in [0.2, 0.25) is 0 Å². The number of hydrogen-bond acceptors (Lipinski definition) is 2. The predicted molar refractivity (Wildman–Crippen MR) is 45.4 cm³/mol. The van der Waals surface area contributed by atoms with Gasteiger partial charge < -0.3 is 0 Å². The molecule has 0 unspecified atom stereocenters. The van der Waals surface area contributed by atoms with Crippen LogP contribution in [0.1, 0.15) is 25.7 Å². The molecule has 0 aromatic rings. The van der Waals surface area contributed by atoms with Crippen LogP contribution in [0.4, 0.5) is 13.2 Å². The van der Waals surface area contributed by atoms with Gasteiger partial charge >= 0.3 is 6.18 Å². The summed E-state index contributed by atoms with van der Waals surface area (Å²) in [6.07, 6.45) is -1.27. The summed E-state index contributed by atoms with van der Waals surface area (Å²) in [5.41, 5.74) is 0. The molecule has 80 valence electrons. The van der Waals surface area contributed by atoms with Crippen molar-refractivity contribution in [2.75, 3.05) is 6.54 Å². The van der Waals surface area contributed by atoms with E-state index in [0.29, 0.717) is 12.8 Å². The van der Waals surface area contributed by atoms with E-state index in [2.05, 4.69) is 5.32 Å². The zero-order chi connectivity index (χ0) is 10.6. The molecular formula is C9H13F3N2. The quantitative estimate of drug-likeness (QED) is 0.719. The Balaban J connectivity index is 2.56. The lowest BCUT2D eigenvalue weighted by Gasteiger charge is -2.25. The van der Waals surface area contributed by atoms with Crippen molar-refractivity contribution in [3.05, 3.63) is 0 Å². The second-order valence-electron chi connectivity index (χ2n) is 3.60. The lowest BCUT2D eigenvalue weighted by Crippen LogP contribution is -2.47. The highest BCUT2D eigenvalue weighted by molar-refractivity contribution is 4.88. The molecule has 0 bridgehead atoms. The highest BCUT2D eigenvalue weighted by Crippen LogP contribution is 2.35. The van der Waals surface area contributed by atoms with E-state index >= 15 is 0 Å². The summed E-state index contributed by atoms with van der Waals surface area (Å²) >= 11 is 0. The number of nitrogens with zero attached hydrogens (tertiary/aromatic N) is 1. The average Bonchev–Trinajstić information content (AvgIpc) is 2.55. The van der Waals surface area contributed by atoms with Crippen LogP contribution in [0.25, 0.3) is 0 Å². The smallest absolute Gasteiger partial charge is 0.293 e. The van der Waals surface area contributed by atoms with Crippen LogP contribution < -0.4 is 5.32 Å². The largest absolute Gasteiger partial charge is 0.404 e. The van der Waals surface area contributed by atoms with Crippen LogP contribution >= 0.6 is 0 Å². The van der Waals surface area contributed by atoms with E-state index in [1.54, 1.807) is 6.07 Å². The number of halogens is 3. The Labute approximate surface area is 81.1 Å². The number of hydrogen-bond donors (Lipinski definition) is 1. The van der Waals surface area contributed by atoms with E-state index in [4.69, 9.17) is 5.26 Å². The molecule has 0 aromatic heterocycles. The van der Waals surface area contributed by atoms with E-state index < -0.39 is 12.2 Å². The Bertz CT molecular complexity index is 213. The van der Waals surface area contributed by atoms with Crippen molar-refractivity contribution < 1.29 is 13.2 Å². The Morgan fingerprint density at radius 1 is 1.36 bits per heavy atom. The number of alkyl halides is 3. The molecule has 1 aliphatic rings. The van der Waals surface area contributed by atoms with Crippen LogP contribution in [0, 0.1) is 17.2 Å². The molecular weight excluding hydrogens is 193 g/mol. The van der Waals surface area contributed by atoms with Gasteiger partial charge in [-0.05, 0) is 18.8 Å². The Morgan fingerprint density at radius 3 is 2.36 bits per heavy atom. The van der Waals surface area contributed by atoms with Crippen LogP contribution in [0.15, 0.2) is 0 Å². The van der Waals surface area contributed by atoms with E-state index in [9.17, 15) is 13.2 Å². The Kier molecular flexibility index (Phi) is 3.76. The van der Waals surface area contributed by atoms with Gasteiger partial charge in [-0.15, -0.1) is 0 Å². The summed E-state index contributed by atoms with van der Waals surface area (Å²) < 4.78 is 37.6. The Hall–Kier alpha value is -0.760. The number of nitriles is 1. The van der Waals surface area contributed by atoms with E-state index in [0.717, 1.165) is 12.8 Å². The third-order valence-corrected chi connectivity index (χ3v) is 2.62. The molecule has 1 rings (SSSR count). The first-order valence-corrected chi connectivity index (χ1v) is 4.72. The molecule has 14 heavy (non-hydrogen) atoms. The van der Waals surface area contributed by atoms with Crippen LogP contribution in [-0.4, -0.2) is 18.8 Å². The van der Waals surface area contributed by atoms with Crippen molar-refractivity contribution in [1.82, 2.24) is 5.32 Å². The molecule has 1 saturated carbocycles. The van der Waals surface area contributed by atoms with Gasteiger partial charge in [0.15, 0.2) is 0 Å². The van der Waals surface area contributed by atoms with Crippen LogP contribution in [0.3, 0.4) is 0 Å². The minimum atomic E-state index is -4.23. The molecule has 0 aliphatic heterocycles. The normalized spacial score (nSPS) is 20.7. The van der Waals surface area contributed by atoms with Crippen molar-refractivity contribution in [3.8, 4) is 6.07 Å². The Morgan fingerprint density at radius 2 is 1.93 bits per heavy atom. The minimum absolute atomic E-state index is 0.235. The van der Waals surface area contributed by atoms with Gasteiger partial charge in [0.1, 0.15) is 6.04 Å². The molecule has 0 saturated heterocycles. The van der Waals surface area contributed by atoms with E-state index in [1.807, 2.05) is 0 Å². The SMILES string of the molecule is N#CCN[C@H](C1CCCC1)C(F)(F)F. The fourth-order valence-electron chi connectivity index (χ4n) is 2.00. The standard InChI is InChI=1S/C9H13F3N2/c10-9(11,12)8(14-6-5-13)7-3-1-2-4-7/h7-8,14H,1-4,6H2/t8-/m1/s1. The topological polar surface area (TPSA) is 35.8 Å². The summed E-state index contributed by atoms with van der Waals surface area (Å²) in [7, 11) is 0. The second-order valence-corrected chi connectivity index (χ2v) is 3.60. The average molecular weight is 206 g/mol. The third-order valence-electron chi connectivity index (χ3n) is 2.62. The zero-order valence-electron chi connectivity index (χ0n) is 7.77. The van der Waals surface area contributed by atoms with Gasteiger partial charge in [-0.2, -0.15) is 18.4 Å². The van der Waals surface area contributed by atoms with Crippen molar-refractivity contribution in [2.24, 2.45) is 5.92 Å². The molecule has 1 atom stereocenters. The first-order chi connectivity index (χ1) is 6.55. The van der Waals surface area contributed by atoms with Crippen molar-refractivity contribution >= 4 is 0 Å². The van der Waals surface area contributed by atoms with Gasteiger partial charge in [-0.1, -0.05) is 12.8 Å². The maximum Gasteiger partial charge on any atom is 0.404 e. The molecule has 0 amide bonds. The lowest BCUT2D eigenvalue weighted by molar-refractivity contribution is -0.166. The minimum Gasteiger partial charge on any atom is -0.293 e. The summed E-state index contributed by atoms with van der Waals surface area (Å²) in [6.45, 7) is -0.235. The maximum absolute atomic E-state index is 12.5. The highest BCUT2D eigenvalue weighted by Gasteiger charge is 2.44. The monoisotopic (exact) mass is 206 g/mol. The van der Waals surface area contributed by atoms with E-state index in [-0.39, 0.29) is 12.5 Å². The summed E-state index contributed by atoms with van der Waals surface area (Å²) in [4.78, 5) is 0. The molecule has 0 heterocycles. The fraction of sp³-hybridized carbons (Fsp3) is 0.889. The third kappa shape index (κ3) is 2.88. The van der Waals surface area contributed by atoms with Crippen LogP contribution in [-0.2, 0) is 0 Å². The van der Waals surface area contributed by atoms with Crippen molar-refractivity contribution in [1.29, 1.82) is 5.26 Å².